The van der Waals surface area contributed by atoms with Crippen LogP contribution in [-0.4, -0.2) is 36.4 Å². The van der Waals surface area contributed by atoms with Crippen molar-refractivity contribution in [3.05, 3.63) is 64.8 Å². The van der Waals surface area contributed by atoms with Crippen LogP contribution in [-0.2, 0) is 23.6 Å². The third kappa shape index (κ3) is 4.12. The molecule has 1 heterocycles. The summed E-state index contributed by atoms with van der Waals surface area (Å²) in [6, 6.07) is 11.7. The Morgan fingerprint density at radius 2 is 1.89 bits per heavy atom. The molecule has 2 aromatic carbocycles. The van der Waals surface area contributed by atoms with Gasteiger partial charge in [-0.25, -0.2) is 27.0 Å². The second-order valence-corrected chi connectivity index (χ2v) is 7.74. The van der Waals surface area contributed by atoms with Gasteiger partial charge in [0.05, 0.1) is 18.6 Å². The van der Waals surface area contributed by atoms with Gasteiger partial charge in [-0.05, 0) is 36.4 Å². The van der Waals surface area contributed by atoms with E-state index in [1.54, 1.807) is 19.2 Å². The number of hydrogen-bond donors (Lipinski definition) is 1. The molecule has 1 N–H and O–H groups in total. The first-order valence-electron chi connectivity index (χ1n) is 8.35. The Balaban J connectivity index is 1.73. The molecule has 3 aromatic rings. The molecule has 0 amide bonds. The Hall–Kier alpha value is -2.98. The van der Waals surface area contributed by atoms with E-state index in [0.717, 1.165) is 4.68 Å². The van der Waals surface area contributed by atoms with Gasteiger partial charge in [-0.3, -0.25) is 4.57 Å². The number of rotatable bonds is 7. The molecule has 8 nitrogen and oxygen atoms in total. The van der Waals surface area contributed by atoms with Crippen LogP contribution in [0.25, 0.3) is 11.4 Å². The Bertz CT molecular complexity index is 1140. The number of sulfonamides is 1. The predicted molar refractivity (Wildman–Crippen MR) is 101 cm³/mol. The highest BCUT2D eigenvalue weighted by Crippen LogP contribution is 2.17. The molecular formula is C18H19FN4O4S. The van der Waals surface area contributed by atoms with E-state index in [4.69, 9.17) is 4.74 Å². The van der Waals surface area contributed by atoms with Crippen molar-refractivity contribution < 1.29 is 17.5 Å². The summed E-state index contributed by atoms with van der Waals surface area (Å²) in [6.07, 6.45) is 0. The molecule has 28 heavy (non-hydrogen) atoms. The summed E-state index contributed by atoms with van der Waals surface area (Å²) in [5.41, 5.74) is 0.177. The van der Waals surface area contributed by atoms with Crippen molar-refractivity contribution in [1.29, 1.82) is 0 Å². The predicted octanol–water partition coefficient (Wildman–Crippen LogP) is 1.37. The molecule has 0 saturated heterocycles. The number of nitrogens with one attached hydrogen (secondary N) is 1. The van der Waals surface area contributed by atoms with Gasteiger partial charge < -0.3 is 4.74 Å². The number of aromatic nitrogens is 3. The standard InChI is InChI=1S/C18H19FN4O4S/c1-22-17(13-6-8-14(19)9-7-13)21-23(18(22)24)11-10-20-28(25,26)16-5-3-4-15(12-16)27-2/h3-9,12,20H,10-11H2,1-2H3. The quantitative estimate of drug-likeness (QED) is 0.640. The fourth-order valence-electron chi connectivity index (χ4n) is 2.62. The summed E-state index contributed by atoms with van der Waals surface area (Å²) in [5.74, 6) is 0.397. The van der Waals surface area contributed by atoms with Crippen LogP contribution in [0.1, 0.15) is 0 Å². The van der Waals surface area contributed by atoms with E-state index in [9.17, 15) is 17.6 Å². The van der Waals surface area contributed by atoms with Crippen LogP contribution in [0, 0.1) is 5.82 Å². The van der Waals surface area contributed by atoms with Gasteiger partial charge in [0.15, 0.2) is 5.82 Å². The molecule has 0 radical (unpaired) electrons. The van der Waals surface area contributed by atoms with Crippen LogP contribution < -0.4 is 15.1 Å². The molecule has 148 valence electrons. The maximum atomic E-state index is 13.1. The summed E-state index contributed by atoms with van der Waals surface area (Å²) in [4.78, 5) is 12.4. The Morgan fingerprint density at radius 1 is 1.18 bits per heavy atom. The molecule has 0 spiro atoms. The van der Waals surface area contributed by atoms with E-state index in [-0.39, 0.29) is 23.8 Å². The fourth-order valence-corrected chi connectivity index (χ4v) is 3.68. The largest absolute Gasteiger partial charge is 0.497 e. The van der Waals surface area contributed by atoms with Crippen molar-refractivity contribution in [2.45, 2.75) is 11.4 Å². The first kappa shape index (κ1) is 19.8. The minimum atomic E-state index is -3.76. The molecule has 0 unspecified atom stereocenters. The monoisotopic (exact) mass is 406 g/mol. The second kappa shape index (κ2) is 7.95. The highest BCUT2D eigenvalue weighted by atomic mass is 32.2. The van der Waals surface area contributed by atoms with Crippen molar-refractivity contribution in [2.24, 2.45) is 7.05 Å². The maximum Gasteiger partial charge on any atom is 0.345 e. The third-order valence-electron chi connectivity index (χ3n) is 4.11. The lowest BCUT2D eigenvalue weighted by molar-refractivity contribution is 0.413. The first-order chi connectivity index (χ1) is 13.3. The van der Waals surface area contributed by atoms with E-state index < -0.39 is 15.7 Å². The lowest BCUT2D eigenvalue weighted by Crippen LogP contribution is -2.31. The summed E-state index contributed by atoms with van der Waals surface area (Å²) < 4.78 is 47.8. The van der Waals surface area contributed by atoms with E-state index >= 15 is 0 Å². The average Bonchev–Trinajstić information content (AvgIpc) is 2.97. The molecule has 0 fully saturated rings. The lowest BCUT2D eigenvalue weighted by Gasteiger charge is -2.07. The van der Waals surface area contributed by atoms with Gasteiger partial charge in [-0.1, -0.05) is 6.07 Å². The Kier molecular flexibility index (Phi) is 5.61. The van der Waals surface area contributed by atoms with Crippen LogP contribution in [0.3, 0.4) is 0 Å². The fraction of sp³-hybridized carbons (Fsp3) is 0.222. The summed E-state index contributed by atoms with van der Waals surface area (Å²) in [7, 11) is -0.761. The van der Waals surface area contributed by atoms with Crippen LogP contribution in [0.4, 0.5) is 4.39 Å². The Morgan fingerprint density at radius 3 is 2.57 bits per heavy atom. The van der Waals surface area contributed by atoms with Gasteiger partial charge in [0.25, 0.3) is 0 Å². The average molecular weight is 406 g/mol. The molecular weight excluding hydrogens is 387 g/mol. The third-order valence-corrected chi connectivity index (χ3v) is 5.57. The molecule has 0 saturated carbocycles. The summed E-state index contributed by atoms with van der Waals surface area (Å²) in [6.45, 7) is 0.0103. The van der Waals surface area contributed by atoms with Gasteiger partial charge >= 0.3 is 5.69 Å². The van der Waals surface area contributed by atoms with E-state index in [2.05, 4.69) is 9.82 Å². The van der Waals surface area contributed by atoms with Crippen molar-refractivity contribution >= 4 is 10.0 Å². The maximum absolute atomic E-state index is 13.1. The number of benzene rings is 2. The van der Waals surface area contributed by atoms with Gasteiger partial charge in [0.2, 0.25) is 10.0 Å². The number of halogens is 1. The van der Waals surface area contributed by atoms with Gasteiger partial charge in [0.1, 0.15) is 11.6 Å². The number of ether oxygens (including phenoxy) is 1. The van der Waals surface area contributed by atoms with Crippen molar-refractivity contribution in [3.63, 3.8) is 0 Å². The minimum Gasteiger partial charge on any atom is -0.497 e. The lowest BCUT2D eigenvalue weighted by atomic mass is 10.2. The number of methoxy groups -OCH3 is 1. The van der Waals surface area contributed by atoms with Crippen LogP contribution >= 0.6 is 0 Å². The van der Waals surface area contributed by atoms with Crippen molar-refractivity contribution in [2.75, 3.05) is 13.7 Å². The molecule has 0 aliphatic rings. The highest BCUT2D eigenvalue weighted by Gasteiger charge is 2.16. The zero-order valence-electron chi connectivity index (χ0n) is 15.3. The molecule has 0 bridgehead atoms. The van der Waals surface area contributed by atoms with Crippen molar-refractivity contribution in [1.82, 2.24) is 19.1 Å². The smallest absolute Gasteiger partial charge is 0.345 e. The second-order valence-electron chi connectivity index (χ2n) is 5.97. The first-order valence-corrected chi connectivity index (χ1v) is 9.83. The van der Waals surface area contributed by atoms with Gasteiger partial charge in [0, 0.05) is 25.2 Å². The molecule has 10 heteroatoms. The van der Waals surface area contributed by atoms with E-state index in [0.29, 0.717) is 17.1 Å². The minimum absolute atomic E-state index is 0.0285. The zero-order chi connectivity index (χ0) is 20.3. The molecule has 3 rings (SSSR count). The Labute approximate surface area is 161 Å². The van der Waals surface area contributed by atoms with E-state index in [1.807, 2.05) is 0 Å². The van der Waals surface area contributed by atoms with Gasteiger partial charge in [-0.2, -0.15) is 0 Å². The number of nitrogens with zero attached hydrogens (tertiary/aromatic N) is 3. The van der Waals surface area contributed by atoms with Crippen LogP contribution in [0.5, 0.6) is 5.75 Å². The number of hydrogen-bond acceptors (Lipinski definition) is 5. The summed E-state index contributed by atoms with van der Waals surface area (Å²) >= 11 is 0. The molecule has 0 aliphatic heterocycles. The van der Waals surface area contributed by atoms with Gasteiger partial charge in [-0.15, -0.1) is 5.10 Å². The molecule has 0 atom stereocenters. The molecule has 0 aliphatic carbocycles. The van der Waals surface area contributed by atoms with Crippen molar-refractivity contribution in [3.8, 4) is 17.1 Å². The van der Waals surface area contributed by atoms with E-state index in [1.165, 1.54) is 48.1 Å². The topological polar surface area (TPSA) is 95.2 Å². The van der Waals surface area contributed by atoms with Crippen LogP contribution in [0.15, 0.2) is 58.2 Å². The highest BCUT2D eigenvalue weighted by molar-refractivity contribution is 7.89. The SMILES string of the molecule is COc1cccc(S(=O)(=O)NCCn2nc(-c3ccc(F)cc3)n(C)c2=O)c1. The summed E-state index contributed by atoms with van der Waals surface area (Å²) in [5, 5.41) is 4.22. The normalized spacial score (nSPS) is 11.5. The zero-order valence-corrected chi connectivity index (χ0v) is 16.1. The molecule has 1 aromatic heterocycles. The van der Waals surface area contributed by atoms with Crippen LogP contribution in [0.2, 0.25) is 0 Å².